The summed E-state index contributed by atoms with van der Waals surface area (Å²) in [4.78, 5) is 31.7. The van der Waals surface area contributed by atoms with Crippen LogP contribution in [0.4, 0.5) is 10.5 Å². The number of carbonyl (C=O) groups excluding carboxylic acids is 2. The summed E-state index contributed by atoms with van der Waals surface area (Å²) in [5, 5.41) is 0. The van der Waals surface area contributed by atoms with Crippen molar-refractivity contribution in [2.45, 2.75) is 103 Å². The number of hydrogen-bond donors (Lipinski definition) is 0. The molecule has 3 saturated heterocycles. The molecule has 3 fully saturated rings. The minimum absolute atomic E-state index is 0.104. The van der Waals surface area contributed by atoms with Crippen LogP contribution in [0.3, 0.4) is 0 Å². The molecule has 0 saturated carbocycles. The fourth-order valence-electron chi connectivity index (χ4n) is 6.22. The van der Waals surface area contributed by atoms with Gasteiger partial charge in [-0.3, -0.25) is 4.79 Å². The van der Waals surface area contributed by atoms with Crippen LogP contribution in [0.5, 0.6) is 0 Å². The van der Waals surface area contributed by atoms with Crippen molar-refractivity contribution >= 4 is 17.7 Å². The van der Waals surface area contributed by atoms with E-state index >= 15 is 0 Å². The number of nitrogens with zero attached hydrogens (tertiary/aromatic N) is 3. The van der Waals surface area contributed by atoms with Crippen molar-refractivity contribution in [1.29, 1.82) is 0 Å². The van der Waals surface area contributed by atoms with Crippen molar-refractivity contribution in [3.8, 4) is 0 Å². The smallest absolute Gasteiger partial charge is 0.410 e. The Morgan fingerprint density at radius 3 is 2.03 bits per heavy atom. The van der Waals surface area contributed by atoms with Crippen LogP contribution in [0, 0.1) is 0 Å². The van der Waals surface area contributed by atoms with Gasteiger partial charge in [0, 0.05) is 49.9 Å². The molecule has 0 aromatic heterocycles. The van der Waals surface area contributed by atoms with Crippen LogP contribution in [-0.4, -0.2) is 65.7 Å². The maximum absolute atomic E-state index is 12.6. The van der Waals surface area contributed by atoms with Crippen LogP contribution in [0.15, 0.2) is 24.3 Å². The Kier molecular flexibility index (Phi) is 7.04. The first-order valence-corrected chi connectivity index (χ1v) is 12.8. The van der Waals surface area contributed by atoms with Gasteiger partial charge in [0.25, 0.3) is 0 Å². The van der Waals surface area contributed by atoms with Gasteiger partial charge in [-0.2, -0.15) is 0 Å². The lowest BCUT2D eigenvalue weighted by Crippen LogP contribution is -2.55. The number of benzene rings is 1. The summed E-state index contributed by atoms with van der Waals surface area (Å²) >= 11 is 0. The zero-order chi connectivity index (χ0) is 23.8. The Hall–Kier alpha value is -2.08. The first-order chi connectivity index (χ1) is 15.7. The van der Waals surface area contributed by atoms with Gasteiger partial charge in [-0.25, -0.2) is 4.79 Å². The summed E-state index contributed by atoms with van der Waals surface area (Å²) in [6.45, 7) is 12.7. The molecular formula is C27H41N3O3. The monoisotopic (exact) mass is 455 g/mol. The largest absolute Gasteiger partial charge is 0.450 e. The summed E-state index contributed by atoms with van der Waals surface area (Å²) in [5.41, 5.74) is 2.40. The molecule has 2 bridgehead atoms. The van der Waals surface area contributed by atoms with Crippen LogP contribution in [0.2, 0.25) is 0 Å². The molecular weight excluding hydrogens is 414 g/mol. The molecule has 0 radical (unpaired) electrons. The summed E-state index contributed by atoms with van der Waals surface area (Å²) in [6, 6.07) is 9.96. The molecule has 182 valence electrons. The van der Waals surface area contributed by atoms with Gasteiger partial charge < -0.3 is 19.4 Å². The van der Waals surface area contributed by atoms with Gasteiger partial charge in [0.1, 0.15) is 0 Å². The van der Waals surface area contributed by atoms with E-state index in [1.807, 2.05) is 16.7 Å². The second-order valence-electron chi connectivity index (χ2n) is 11.1. The predicted molar refractivity (Wildman–Crippen MR) is 132 cm³/mol. The van der Waals surface area contributed by atoms with Gasteiger partial charge in [0.2, 0.25) is 5.91 Å². The van der Waals surface area contributed by atoms with E-state index < -0.39 is 0 Å². The quantitative estimate of drug-likeness (QED) is 0.644. The zero-order valence-corrected chi connectivity index (χ0v) is 21.0. The summed E-state index contributed by atoms with van der Waals surface area (Å²) in [7, 11) is 0. The Balaban J connectivity index is 1.37. The summed E-state index contributed by atoms with van der Waals surface area (Å²) < 4.78 is 5.31. The van der Waals surface area contributed by atoms with Gasteiger partial charge in [0.05, 0.1) is 6.61 Å². The van der Waals surface area contributed by atoms with Gasteiger partial charge in [-0.1, -0.05) is 32.9 Å². The predicted octanol–water partition coefficient (Wildman–Crippen LogP) is 4.95. The third-order valence-electron chi connectivity index (χ3n) is 7.92. The number of fused-ring (bicyclic) bond motifs is 2. The highest BCUT2D eigenvalue weighted by Gasteiger charge is 2.46. The molecule has 3 aliphatic rings. The van der Waals surface area contributed by atoms with Gasteiger partial charge in [0.15, 0.2) is 0 Å². The average molecular weight is 456 g/mol. The van der Waals surface area contributed by atoms with E-state index in [4.69, 9.17) is 4.74 Å². The zero-order valence-electron chi connectivity index (χ0n) is 21.0. The molecule has 0 N–H and O–H groups in total. The molecule has 0 spiro atoms. The number of hydrogen-bond acceptors (Lipinski definition) is 4. The average Bonchev–Trinajstić information content (AvgIpc) is 3.04. The molecule has 1 aromatic carbocycles. The number of carbonyl (C=O) groups is 2. The number of amides is 2. The van der Waals surface area contributed by atoms with Crippen molar-refractivity contribution in [3.05, 3.63) is 29.8 Å². The van der Waals surface area contributed by atoms with E-state index in [2.05, 4.69) is 49.9 Å². The summed E-state index contributed by atoms with van der Waals surface area (Å²) in [6.07, 6.45) is 6.15. The van der Waals surface area contributed by atoms with Crippen molar-refractivity contribution in [1.82, 2.24) is 9.80 Å². The molecule has 2 atom stereocenters. The van der Waals surface area contributed by atoms with Crippen molar-refractivity contribution in [2.75, 3.05) is 24.6 Å². The van der Waals surface area contributed by atoms with Crippen LogP contribution in [0.1, 0.15) is 78.7 Å². The molecule has 4 rings (SSSR count). The molecule has 1 aromatic rings. The number of anilines is 1. The number of piperidine rings is 2. The fourth-order valence-corrected chi connectivity index (χ4v) is 6.22. The summed E-state index contributed by atoms with van der Waals surface area (Å²) in [5.74, 6) is 0.123. The number of rotatable bonds is 4. The Morgan fingerprint density at radius 1 is 0.970 bits per heavy atom. The molecule has 3 aliphatic heterocycles. The Labute approximate surface area is 199 Å². The van der Waals surface area contributed by atoms with Gasteiger partial charge >= 0.3 is 6.09 Å². The third-order valence-corrected chi connectivity index (χ3v) is 7.92. The maximum atomic E-state index is 12.6. The van der Waals surface area contributed by atoms with E-state index in [1.54, 1.807) is 6.92 Å². The van der Waals surface area contributed by atoms with E-state index in [1.165, 1.54) is 5.56 Å². The lowest BCUT2D eigenvalue weighted by molar-refractivity contribution is -0.117. The lowest BCUT2D eigenvalue weighted by atomic mass is 9.87. The van der Waals surface area contributed by atoms with E-state index in [9.17, 15) is 9.59 Å². The minimum Gasteiger partial charge on any atom is -0.450 e. The highest BCUT2D eigenvalue weighted by molar-refractivity contribution is 5.92. The second kappa shape index (κ2) is 9.65. The van der Waals surface area contributed by atoms with Crippen LogP contribution in [-0.2, 0) is 14.9 Å². The maximum Gasteiger partial charge on any atom is 0.410 e. The molecule has 2 unspecified atom stereocenters. The SMILES string of the molecule is CCOC(=O)N1C2CCC1CC(N1CCC(N(C(C)=O)c3ccc(C(C)(C)C)cc3)CC1)C2. The molecule has 6 nitrogen and oxygen atoms in total. The topological polar surface area (TPSA) is 53.1 Å². The van der Waals surface area contributed by atoms with E-state index in [0.29, 0.717) is 24.7 Å². The number of ether oxygens (including phenoxy) is 1. The lowest BCUT2D eigenvalue weighted by Gasteiger charge is -2.46. The van der Waals surface area contributed by atoms with Gasteiger partial charge in [-0.05, 0) is 68.6 Å². The normalized spacial score (nSPS) is 26.3. The van der Waals surface area contributed by atoms with Gasteiger partial charge in [-0.15, -0.1) is 0 Å². The van der Waals surface area contributed by atoms with Crippen LogP contribution >= 0.6 is 0 Å². The Bertz CT molecular complexity index is 825. The van der Waals surface area contributed by atoms with Crippen molar-refractivity contribution < 1.29 is 14.3 Å². The third kappa shape index (κ3) is 5.06. The molecule has 6 heteroatoms. The highest BCUT2D eigenvalue weighted by Crippen LogP contribution is 2.39. The van der Waals surface area contributed by atoms with E-state index in [-0.39, 0.29) is 23.5 Å². The van der Waals surface area contributed by atoms with Crippen LogP contribution < -0.4 is 4.90 Å². The standard InChI is InChI=1S/C27H41N3O3/c1-6-33-26(32)30-23-11-12-24(30)18-25(17-23)28-15-13-22(14-16-28)29(19(2)31)21-9-7-20(8-10-21)27(3,4)5/h7-10,22-25H,6,11-18H2,1-5H3. The molecule has 33 heavy (non-hydrogen) atoms. The second-order valence-corrected chi connectivity index (χ2v) is 11.1. The van der Waals surface area contributed by atoms with Crippen molar-refractivity contribution in [3.63, 3.8) is 0 Å². The first-order valence-electron chi connectivity index (χ1n) is 12.8. The highest BCUT2D eigenvalue weighted by atomic mass is 16.6. The van der Waals surface area contributed by atoms with Crippen LogP contribution in [0.25, 0.3) is 0 Å². The van der Waals surface area contributed by atoms with E-state index in [0.717, 1.165) is 57.3 Å². The first kappa shape index (κ1) is 24.1. The molecule has 0 aliphatic carbocycles. The molecule has 3 heterocycles. The minimum atomic E-state index is -0.128. The Morgan fingerprint density at radius 2 is 1.55 bits per heavy atom. The fraction of sp³-hybridized carbons (Fsp3) is 0.704. The van der Waals surface area contributed by atoms with Crippen molar-refractivity contribution in [2.24, 2.45) is 0 Å². The number of likely N-dealkylation sites (tertiary alicyclic amines) is 1. The molecule has 2 amide bonds.